The Bertz CT molecular complexity index is 257. The van der Waals surface area contributed by atoms with Crippen molar-refractivity contribution in [1.29, 1.82) is 0 Å². The number of hydrogen-bond donors (Lipinski definition) is 1. The van der Waals surface area contributed by atoms with Gasteiger partial charge in [0.1, 0.15) is 5.60 Å². The Labute approximate surface area is 91.6 Å². The van der Waals surface area contributed by atoms with Crippen LogP contribution in [0.4, 0.5) is 4.79 Å². The number of fused-ring (bicyclic) bond motifs is 2. The molecule has 0 spiro atoms. The van der Waals surface area contributed by atoms with Gasteiger partial charge < -0.3 is 10.1 Å². The average molecular weight is 211 g/mol. The molecule has 0 aliphatic heterocycles. The molecule has 2 aliphatic carbocycles. The molecule has 1 N–H and O–H groups in total. The van der Waals surface area contributed by atoms with E-state index in [0.717, 1.165) is 12.3 Å². The molecule has 3 nitrogen and oxygen atoms in total. The highest BCUT2D eigenvalue weighted by atomic mass is 16.6. The number of carbonyl (C=O) groups is 1. The Morgan fingerprint density at radius 2 is 2.00 bits per heavy atom. The maximum absolute atomic E-state index is 11.6. The molecular weight excluding hydrogens is 190 g/mol. The lowest BCUT2D eigenvalue weighted by Crippen LogP contribution is -2.41. The van der Waals surface area contributed by atoms with E-state index in [1.54, 1.807) is 0 Å². The second-order valence-corrected chi connectivity index (χ2v) is 5.93. The van der Waals surface area contributed by atoms with Gasteiger partial charge in [-0.05, 0) is 51.9 Å². The van der Waals surface area contributed by atoms with Crippen LogP contribution in [0.2, 0.25) is 0 Å². The van der Waals surface area contributed by atoms with Crippen molar-refractivity contribution in [3.63, 3.8) is 0 Å². The smallest absolute Gasteiger partial charge is 0.407 e. The zero-order valence-corrected chi connectivity index (χ0v) is 9.88. The van der Waals surface area contributed by atoms with Crippen LogP contribution in [0.1, 0.15) is 46.5 Å². The maximum atomic E-state index is 11.6. The lowest BCUT2D eigenvalue weighted by atomic mass is 9.96. The predicted octanol–water partition coefficient (Wildman–Crippen LogP) is 2.70. The molecule has 0 unspecified atom stereocenters. The number of ether oxygens (including phenoxy) is 1. The quantitative estimate of drug-likeness (QED) is 0.724. The topological polar surface area (TPSA) is 38.3 Å². The molecule has 0 heterocycles. The van der Waals surface area contributed by atoms with E-state index in [9.17, 15) is 4.79 Å². The molecule has 3 atom stereocenters. The summed E-state index contributed by atoms with van der Waals surface area (Å²) in [4.78, 5) is 11.6. The SMILES string of the molecule is CC(C)(C)OC(=O)N[C@H]1C[C@@H]2CC[C@H]1C2. The van der Waals surface area contributed by atoms with Gasteiger partial charge in [0.05, 0.1) is 0 Å². The van der Waals surface area contributed by atoms with E-state index < -0.39 is 0 Å². The number of amides is 1. The van der Waals surface area contributed by atoms with Crippen molar-refractivity contribution in [2.75, 3.05) is 0 Å². The Kier molecular flexibility index (Phi) is 2.65. The predicted molar refractivity (Wildman–Crippen MR) is 58.6 cm³/mol. The molecule has 15 heavy (non-hydrogen) atoms. The second-order valence-electron chi connectivity index (χ2n) is 5.93. The zero-order chi connectivity index (χ0) is 11.1. The molecule has 2 fully saturated rings. The molecule has 0 aromatic carbocycles. The first kappa shape index (κ1) is 10.8. The Balaban J connectivity index is 1.80. The minimum Gasteiger partial charge on any atom is -0.444 e. The van der Waals surface area contributed by atoms with Gasteiger partial charge >= 0.3 is 6.09 Å². The average Bonchev–Trinajstić information content (AvgIpc) is 2.60. The van der Waals surface area contributed by atoms with Crippen LogP contribution in [0.3, 0.4) is 0 Å². The molecule has 0 aromatic heterocycles. The van der Waals surface area contributed by atoms with E-state index in [1.807, 2.05) is 20.8 Å². The van der Waals surface area contributed by atoms with E-state index >= 15 is 0 Å². The van der Waals surface area contributed by atoms with Crippen LogP contribution in [-0.4, -0.2) is 17.7 Å². The van der Waals surface area contributed by atoms with Gasteiger partial charge in [-0.25, -0.2) is 4.79 Å². The summed E-state index contributed by atoms with van der Waals surface area (Å²) in [7, 11) is 0. The van der Waals surface area contributed by atoms with Crippen LogP contribution in [0.15, 0.2) is 0 Å². The molecule has 2 bridgehead atoms. The highest BCUT2D eigenvalue weighted by Crippen LogP contribution is 2.44. The highest BCUT2D eigenvalue weighted by Gasteiger charge is 2.40. The largest absolute Gasteiger partial charge is 0.444 e. The molecule has 0 saturated heterocycles. The Morgan fingerprint density at radius 3 is 2.47 bits per heavy atom. The first-order valence-corrected chi connectivity index (χ1v) is 5.93. The van der Waals surface area contributed by atoms with Gasteiger partial charge in [0.25, 0.3) is 0 Å². The Morgan fingerprint density at radius 1 is 1.27 bits per heavy atom. The molecule has 0 radical (unpaired) electrons. The van der Waals surface area contributed by atoms with Gasteiger partial charge in [-0.15, -0.1) is 0 Å². The summed E-state index contributed by atoms with van der Waals surface area (Å²) in [5.41, 5.74) is -0.387. The first-order valence-electron chi connectivity index (χ1n) is 5.93. The zero-order valence-electron chi connectivity index (χ0n) is 9.88. The lowest BCUT2D eigenvalue weighted by Gasteiger charge is -2.25. The van der Waals surface area contributed by atoms with Gasteiger partial charge in [-0.1, -0.05) is 6.42 Å². The third-order valence-electron chi connectivity index (χ3n) is 3.44. The summed E-state index contributed by atoms with van der Waals surface area (Å²) in [6.07, 6.45) is 4.85. The van der Waals surface area contributed by atoms with Crippen molar-refractivity contribution in [3.8, 4) is 0 Å². The maximum Gasteiger partial charge on any atom is 0.407 e. The summed E-state index contributed by atoms with van der Waals surface area (Å²) in [6.45, 7) is 5.69. The summed E-state index contributed by atoms with van der Waals surface area (Å²) >= 11 is 0. The van der Waals surface area contributed by atoms with E-state index in [2.05, 4.69) is 5.32 Å². The fraction of sp³-hybridized carbons (Fsp3) is 0.917. The van der Waals surface area contributed by atoms with Crippen molar-refractivity contribution in [3.05, 3.63) is 0 Å². The van der Waals surface area contributed by atoms with Crippen LogP contribution in [0.5, 0.6) is 0 Å². The van der Waals surface area contributed by atoms with Gasteiger partial charge in [0.2, 0.25) is 0 Å². The van der Waals surface area contributed by atoms with Crippen LogP contribution in [0, 0.1) is 11.8 Å². The number of hydrogen-bond acceptors (Lipinski definition) is 2. The third kappa shape index (κ3) is 2.64. The van der Waals surface area contributed by atoms with E-state index in [0.29, 0.717) is 12.0 Å². The number of carbonyl (C=O) groups excluding carboxylic acids is 1. The molecule has 2 aliphatic rings. The molecule has 3 heteroatoms. The van der Waals surface area contributed by atoms with Gasteiger partial charge in [0, 0.05) is 6.04 Å². The molecule has 86 valence electrons. The molecule has 1 amide bonds. The fourth-order valence-electron chi connectivity index (χ4n) is 2.88. The summed E-state index contributed by atoms with van der Waals surface area (Å²) in [5.74, 6) is 1.57. The van der Waals surface area contributed by atoms with Crippen LogP contribution in [-0.2, 0) is 4.74 Å². The minimum atomic E-state index is -0.387. The van der Waals surface area contributed by atoms with Crippen LogP contribution >= 0.6 is 0 Å². The lowest BCUT2D eigenvalue weighted by molar-refractivity contribution is 0.0487. The van der Waals surface area contributed by atoms with Crippen LogP contribution in [0.25, 0.3) is 0 Å². The van der Waals surface area contributed by atoms with Crippen molar-refractivity contribution < 1.29 is 9.53 Å². The second kappa shape index (κ2) is 3.69. The summed E-state index contributed by atoms with van der Waals surface area (Å²) < 4.78 is 5.26. The third-order valence-corrected chi connectivity index (χ3v) is 3.44. The van der Waals surface area contributed by atoms with Crippen molar-refractivity contribution in [1.82, 2.24) is 5.32 Å². The normalized spacial score (nSPS) is 34.2. The number of nitrogens with one attached hydrogen (secondary N) is 1. The molecule has 2 saturated carbocycles. The number of alkyl carbamates (subject to hydrolysis) is 1. The van der Waals surface area contributed by atoms with Crippen molar-refractivity contribution >= 4 is 6.09 Å². The van der Waals surface area contributed by atoms with E-state index in [1.165, 1.54) is 19.3 Å². The van der Waals surface area contributed by atoms with E-state index in [4.69, 9.17) is 4.74 Å². The molecule has 0 aromatic rings. The van der Waals surface area contributed by atoms with Crippen LogP contribution < -0.4 is 5.32 Å². The first-order chi connectivity index (χ1) is 6.94. The summed E-state index contributed by atoms with van der Waals surface area (Å²) in [6, 6.07) is 0.374. The van der Waals surface area contributed by atoms with Gasteiger partial charge in [-0.3, -0.25) is 0 Å². The Hall–Kier alpha value is -0.730. The minimum absolute atomic E-state index is 0.250. The van der Waals surface area contributed by atoms with Crippen molar-refractivity contribution in [2.45, 2.75) is 58.1 Å². The monoisotopic (exact) mass is 211 g/mol. The molecule has 2 rings (SSSR count). The fourth-order valence-corrected chi connectivity index (χ4v) is 2.88. The summed E-state index contributed by atoms with van der Waals surface area (Å²) in [5, 5.41) is 3.01. The number of rotatable bonds is 1. The van der Waals surface area contributed by atoms with Gasteiger partial charge in [-0.2, -0.15) is 0 Å². The van der Waals surface area contributed by atoms with Gasteiger partial charge in [0.15, 0.2) is 0 Å². The standard InChI is InChI=1S/C12H21NO2/c1-12(2,3)15-11(14)13-10-7-8-4-5-9(10)6-8/h8-10H,4-7H2,1-3H3,(H,13,14)/t8-,9+,10+/m1/s1. The molecular formula is C12H21NO2. The van der Waals surface area contributed by atoms with Crippen molar-refractivity contribution in [2.24, 2.45) is 11.8 Å². The highest BCUT2D eigenvalue weighted by molar-refractivity contribution is 5.68. The van der Waals surface area contributed by atoms with E-state index in [-0.39, 0.29) is 11.7 Å².